The van der Waals surface area contributed by atoms with E-state index in [0.29, 0.717) is 10.2 Å². The Morgan fingerprint density at radius 3 is 3.00 bits per heavy atom. The van der Waals surface area contributed by atoms with Gasteiger partial charge in [-0.1, -0.05) is 35.5 Å². The van der Waals surface area contributed by atoms with Crippen molar-refractivity contribution in [2.45, 2.75) is 11.0 Å². The van der Waals surface area contributed by atoms with Crippen molar-refractivity contribution in [2.75, 3.05) is 7.11 Å². The first-order chi connectivity index (χ1) is 9.74. The van der Waals surface area contributed by atoms with E-state index in [9.17, 15) is 0 Å². The lowest BCUT2D eigenvalue weighted by molar-refractivity contribution is 0.414. The van der Waals surface area contributed by atoms with Gasteiger partial charge in [0.05, 0.1) is 7.11 Å². The topological polar surface area (TPSA) is 35.3 Å². The number of methoxy groups -OCH3 is 1. The summed E-state index contributed by atoms with van der Waals surface area (Å²) in [5.41, 5.74) is 2.70. The molecule has 0 atom stereocenters. The van der Waals surface area contributed by atoms with Crippen molar-refractivity contribution in [1.82, 2.24) is 4.98 Å². The predicted molar refractivity (Wildman–Crippen MR) is 81.6 cm³/mol. The number of hydrogen-bond acceptors (Lipinski definition) is 4. The average molecular weight is 306 g/mol. The van der Waals surface area contributed by atoms with Gasteiger partial charge in [-0.05, 0) is 35.9 Å². The van der Waals surface area contributed by atoms with Gasteiger partial charge in [-0.2, -0.15) is 0 Å². The highest BCUT2D eigenvalue weighted by Crippen LogP contribution is 2.28. The van der Waals surface area contributed by atoms with Crippen LogP contribution < -0.4 is 4.74 Å². The first-order valence-corrected chi connectivity index (χ1v) is 7.43. The van der Waals surface area contributed by atoms with Gasteiger partial charge in [0, 0.05) is 10.8 Å². The minimum atomic E-state index is 0.644. The molecule has 3 rings (SSSR count). The Hall–Kier alpha value is -1.65. The van der Waals surface area contributed by atoms with Gasteiger partial charge in [0.25, 0.3) is 5.22 Å². The lowest BCUT2D eigenvalue weighted by Gasteiger charge is -2.02. The molecule has 3 aromatic rings. The zero-order valence-corrected chi connectivity index (χ0v) is 12.4. The normalized spacial score (nSPS) is 10.9. The number of ether oxygens (including phenoxy) is 1. The van der Waals surface area contributed by atoms with E-state index in [2.05, 4.69) is 11.1 Å². The van der Waals surface area contributed by atoms with Crippen molar-refractivity contribution in [3.05, 3.63) is 53.1 Å². The third kappa shape index (κ3) is 2.92. The number of fused-ring (bicyclic) bond motifs is 1. The summed E-state index contributed by atoms with van der Waals surface area (Å²) in [6, 6.07) is 13.4. The van der Waals surface area contributed by atoms with Crippen LogP contribution in [-0.2, 0) is 5.75 Å². The summed E-state index contributed by atoms with van der Waals surface area (Å²) in [4.78, 5) is 4.41. The fourth-order valence-electron chi connectivity index (χ4n) is 1.85. The summed E-state index contributed by atoms with van der Waals surface area (Å²) >= 11 is 7.48. The highest BCUT2D eigenvalue weighted by molar-refractivity contribution is 7.98. The van der Waals surface area contributed by atoms with E-state index in [4.69, 9.17) is 20.8 Å². The number of hydrogen-bond donors (Lipinski definition) is 0. The third-order valence-corrected chi connectivity index (χ3v) is 3.96. The molecule has 0 saturated carbocycles. The van der Waals surface area contributed by atoms with Gasteiger partial charge in [-0.15, -0.1) is 0 Å². The zero-order valence-electron chi connectivity index (χ0n) is 10.8. The summed E-state index contributed by atoms with van der Waals surface area (Å²) in [5.74, 6) is 1.63. The molecule has 0 fully saturated rings. The van der Waals surface area contributed by atoms with E-state index in [-0.39, 0.29) is 0 Å². The van der Waals surface area contributed by atoms with Crippen molar-refractivity contribution in [1.29, 1.82) is 0 Å². The average Bonchev–Trinajstić information content (AvgIpc) is 2.87. The van der Waals surface area contributed by atoms with Crippen LogP contribution in [0.25, 0.3) is 11.1 Å². The molecule has 2 aromatic carbocycles. The summed E-state index contributed by atoms with van der Waals surface area (Å²) in [6.07, 6.45) is 0. The predicted octanol–water partition coefficient (Wildman–Crippen LogP) is 4.78. The lowest BCUT2D eigenvalue weighted by atomic mass is 10.2. The summed E-state index contributed by atoms with van der Waals surface area (Å²) in [7, 11) is 1.66. The number of aromatic nitrogens is 1. The van der Waals surface area contributed by atoms with Crippen molar-refractivity contribution < 1.29 is 9.15 Å². The minimum absolute atomic E-state index is 0.644. The number of halogens is 1. The third-order valence-electron chi connectivity index (χ3n) is 2.83. The van der Waals surface area contributed by atoms with Crippen LogP contribution in [0.4, 0.5) is 0 Å². The molecule has 1 aromatic heterocycles. The first kappa shape index (κ1) is 13.3. The largest absolute Gasteiger partial charge is 0.497 e. The maximum Gasteiger partial charge on any atom is 0.257 e. The second-order valence-electron chi connectivity index (χ2n) is 4.23. The Morgan fingerprint density at radius 2 is 2.15 bits per heavy atom. The SMILES string of the molecule is COc1cccc(CSc2nc3cc(Cl)ccc3o2)c1. The van der Waals surface area contributed by atoms with E-state index in [1.165, 1.54) is 0 Å². The molecule has 0 amide bonds. The van der Waals surface area contributed by atoms with Crippen LogP contribution in [0.1, 0.15) is 5.56 Å². The second-order valence-corrected chi connectivity index (χ2v) is 5.60. The number of thioether (sulfide) groups is 1. The Bertz CT molecular complexity index is 742. The Kier molecular flexibility index (Phi) is 3.85. The van der Waals surface area contributed by atoms with E-state index in [0.717, 1.165) is 28.2 Å². The monoisotopic (exact) mass is 305 g/mol. The van der Waals surface area contributed by atoms with Crippen molar-refractivity contribution in [3.8, 4) is 5.75 Å². The quantitative estimate of drug-likeness (QED) is 0.650. The number of benzene rings is 2. The molecule has 102 valence electrons. The van der Waals surface area contributed by atoms with Crippen LogP contribution >= 0.6 is 23.4 Å². The van der Waals surface area contributed by atoms with Crippen LogP contribution in [0.2, 0.25) is 5.02 Å². The number of rotatable bonds is 4. The van der Waals surface area contributed by atoms with Crippen LogP contribution in [0.3, 0.4) is 0 Å². The summed E-state index contributed by atoms with van der Waals surface area (Å²) in [5, 5.41) is 1.31. The van der Waals surface area contributed by atoms with E-state index in [1.807, 2.05) is 24.3 Å². The van der Waals surface area contributed by atoms with Gasteiger partial charge in [0.15, 0.2) is 5.58 Å². The van der Waals surface area contributed by atoms with Gasteiger partial charge in [-0.25, -0.2) is 4.98 Å². The number of nitrogens with zero attached hydrogens (tertiary/aromatic N) is 1. The summed E-state index contributed by atoms with van der Waals surface area (Å²) < 4.78 is 10.9. The molecule has 1 heterocycles. The fourth-order valence-corrected chi connectivity index (χ4v) is 2.80. The molecule has 0 aliphatic carbocycles. The zero-order chi connectivity index (χ0) is 13.9. The van der Waals surface area contributed by atoms with Gasteiger partial charge < -0.3 is 9.15 Å². The number of oxazole rings is 1. The standard InChI is InChI=1S/C15H12ClNO2S/c1-18-12-4-2-3-10(7-12)9-20-15-17-13-8-11(16)5-6-14(13)19-15/h2-8H,9H2,1H3. The Balaban J connectivity index is 1.76. The van der Waals surface area contributed by atoms with Crippen LogP contribution in [0.5, 0.6) is 5.75 Å². The molecule has 0 aliphatic heterocycles. The van der Waals surface area contributed by atoms with Crippen molar-refractivity contribution in [3.63, 3.8) is 0 Å². The van der Waals surface area contributed by atoms with E-state index >= 15 is 0 Å². The lowest BCUT2D eigenvalue weighted by Crippen LogP contribution is -1.85. The Labute approximate surface area is 125 Å². The van der Waals surface area contributed by atoms with E-state index in [1.54, 1.807) is 31.0 Å². The molecular formula is C15H12ClNO2S. The van der Waals surface area contributed by atoms with Crippen LogP contribution in [-0.4, -0.2) is 12.1 Å². The molecule has 20 heavy (non-hydrogen) atoms. The fraction of sp³-hybridized carbons (Fsp3) is 0.133. The minimum Gasteiger partial charge on any atom is -0.497 e. The van der Waals surface area contributed by atoms with Crippen LogP contribution in [0, 0.1) is 0 Å². The molecule has 0 unspecified atom stereocenters. The highest BCUT2D eigenvalue weighted by atomic mass is 35.5. The molecule has 0 radical (unpaired) electrons. The second kappa shape index (κ2) is 5.77. The van der Waals surface area contributed by atoms with Gasteiger partial charge >= 0.3 is 0 Å². The van der Waals surface area contributed by atoms with Crippen molar-refractivity contribution in [2.24, 2.45) is 0 Å². The maximum atomic E-state index is 5.93. The van der Waals surface area contributed by atoms with Gasteiger partial charge in [0.1, 0.15) is 11.3 Å². The molecule has 0 spiro atoms. The Morgan fingerprint density at radius 1 is 1.25 bits per heavy atom. The molecular weight excluding hydrogens is 294 g/mol. The van der Waals surface area contributed by atoms with Gasteiger partial charge in [0.2, 0.25) is 0 Å². The summed E-state index contributed by atoms with van der Waals surface area (Å²) in [6.45, 7) is 0. The van der Waals surface area contributed by atoms with E-state index < -0.39 is 0 Å². The molecule has 0 bridgehead atoms. The smallest absolute Gasteiger partial charge is 0.257 e. The molecule has 0 aliphatic rings. The van der Waals surface area contributed by atoms with Crippen LogP contribution in [0.15, 0.2) is 52.1 Å². The molecule has 0 N–H and O–H groups in total. The van der Waals surface area contributed by atoms with Crippen molar-refractivity contribution >= 4 is 34.5 Å². The maximum absolute atomic E-state index is 5.93. The van der Waals surface area contributed by atoms with Gasteiger partial charge in [-0.3, -0.25) is 0 Å². The highest BCUT2D eigenvalue weighted by Gasteiger charge is 2.07. The molecule has 0 saturated heterocycles. The molecule has 5 heteroatoms. The first-order valence-electron chi connectivity index (χ1n) is 6.06. The molecule has 3 nitrogen and oxygen atoms in total.